The lowest BCUT2D eigenvalue weighted by molar-refractivity contribution is 0.0950. The molecule has 0 radical (unpaired) electrons. The van der Waals surface area contributed by atoms with E-state index in [0.29, 0.717) is 17.1 Å². The van der Waals surface area contributed by atoms with E-state index in [-0.39, 0.29) is 5.91 Å². The van der Waals surface area contributed by atoms with Gasteiger partial charge in [-0.15, -0.1) is 0 Å². The summed E-state index contributed by atoms with van der Waals surface area (Å²) in [4.78, 5) is 12.5. The number of aromatic nitrogens is 2. The maximum atomic E-state index is 12.5. The number of ether oxygens (including phenoxy) is 1. The summed E-state index contributed by atoms with van der Waals surface area (Å²) in [7, 11) is 1.61. The molecule has 0 unspecified atom stereocenters. The Hall–Kier alpha value is -3.93. The summed E-state index contributed by atoms with van der Waals surface area (Å²) in [6.45, 7) is 4.11. The molecule has 0 atom stereocenters. The molecule has 0 aliphatic carbocycles. The van der Waals surface area contributed by atoms with Crippen molar-refractivity contribution in [3.63, 3.8) is 0 Å². The molecular weight excluding hydrogens is 376 g/mol. The van der Waals surface area contributed by atoms with E-state index in [1.54, 1.807) is 19.4 Å². The van der Waals surface area contributed by atoms with Gasteiger partial charge in [0.15, 0.2) is 0 Å². The smallest absolute Gasteiger partial charge is 0.289 e. The van der Waals surface area contributed by atoms with Crippen LogP contribution in [-0.4, -0.2) is 29.4 Å². The van der Waals surface area contributed by atoms with E-state index >= 15 is 0 Å². The van der Waals surface area contributed by atoms with E-state index in [1.807, 2.05) is 48.5 Å². The van der Waals surface area contributed by atoms with E-state index in [4.69, 9.17) is 4.74 Å². The zero-order valence-electron chi connectivity index (χ0n) is 17.1. The predicted octanol–water partition coefficient (Wildman–Crippen LogP) is 4.62. The van der Waals surface area contributed by atoms with Crippen molar-refractivity contribution >= 4 is 22.9 Å². The van der Waals surface area contributed by atoms with Gasteiger partial charge in [0.05, 0.1) is 19.0 Å². The van der Waals surface area contributed by atoms with Crippen molar-refractivity contribution in [2.24, 2.45) is 5.10 Å². The van der Waals surface area contributed by atoms with Gasteiger partial charge in [0.2, 0.25) is 0 Å². The summed E-state index contributed by atoms with van der Waals surface area (Å²) in [5.41, 5.74) is 7.75. The van der Waals surface area contributed by atoms with Crippen molar-refractivity contribution in [1.29, 1.82) is 0 Å². The lowest BCUT2D eigenvalue weighted by atomic mass is 10.0. The molecule has 2 N–H and O–H groups in total. The minimum atomic E-state index is -0.368. The Bertz CT molecular complexity index is 1260. The highest BCUT2D eigenvalue weighted by molar-refractivity contribution is 6.03. The van der Waals surface area contributed by atoms with Crippen molar-refractivity contribution < 1.29 is 9.53 Å². The van der Waals surface area contributed by atoms with Gasteiger partial charge >= 0.3 is 0 Å². The molecule has 1 heterocycles. The van der Waals surface area contributed by atoms with Gasteiger partial charge in [-0.1, -0.05) is 42.5 Å². The van der Waals surface area contributed by atoms with Gasteiger partial charge in [0, 0.05) is 11.1 Å². The number of aromatic amines is 1. The van der Waals surface area contributed by atoms with Crippen LogP contribution in [0.3, 0.4) is 0 Å². The number of hydrazone groups is 1. The average molecular weight is 398 g/mol. The van der Waals surface area contributed by atoms with Gasteiger partial charge in [-0.2, -0.15) is 10.2 Å². The molecule has 1 aromatic heterocycles. The van der Waals surface area contributed by atoms with Crippen molar-refractivity contribution in [3.8, 4) is 17.0 Å². The second-order valence-corrected chi connectivity index (χ2v) is 7.07. The molecule has 4 aromatic rings. The minimum Gasteiger partial charge on any atom is -0.496 e. The Morgan fingerprint density at radius 2 is 1.90 bits per heavy atom. The summed E-state index contributed by atoms with van der Waals surface area (Å²) >= 11 is 0. The maximum Gasteiger partial charge on any atom is 0.289 e. The largest absolute Gasteiger partial charge is 0.496 e. The molecule has 0 aliphatic rings. The first-order valence-electron chi connectivity index (χ1n) is 9.59. The van der Waals surface area contributed by atoms with Crippen LogP contribution in [0.5, 0.6) is 5.75 Å². The summed E-state index contributed by atoms with van der Waals surface area (Å²) in [5.74, 6) is 0.318. The highest BCUT2D eigenvalue weighted by Gasteiger charge is 2.11. The fraction of sp³-hybridized carbons (Fsp3) is 0.125. The van der Waals surface area contributed by atoms with Gasteiger partial charge in [0.1, 0.15) is 11.4 Å². The van der Waals surface area contributed by atoms with Crippen LogP contribution in [0.1, 0.15) is 27.2 Å². The Labute approximate surface area is 174 Å². The molecule has 0 aliphatic heterocycles. The number of hydrogen-bond acceptors (Lipinski definition) is 4. The molecule has 0 saturated heterocycles. The lowest BCUT2D eigenvalue weighted by Crippen LogP contribution is -2.18. The molecular formula is C24H22N4O2. The number of carbonyl (C=O) groups excluding carboxylic acids is 1. The molecule has 1 amide bonds. The van der Waals surface area contributed by atoms with Crippen LogP contribution in [0.4, 0.5) is 0 Å². The second kappa shape index (κ2) is 8.21. The van der Waals surface area contributed by atoms with Crippen LogP contribution < -0.4 is 10.2 Å². The Kier molecular flexibility index (Phi) is 5.30. The van der Waals surface area contributed by atoms with Gasteiger partial charge in [-0.3, -0.25) is 9.89 Å². The van der Waals surface area contributed by atoms with Crippen molar-refractivity contribution in [2.75, 3.05) is 7.11 Å². The number of fused-ring (bicyclic) bond motifs is 1. The summed E-state index contributed by atoms with van der Waals surface area (Å²) < 4.78 is 5.45. The molecule has 6 heteroatoms. The van der Waals surface area contributed by atoms with Crippen LogP contribution >= 0.6 is 0 Å². The second-order valence-electron chi connectivity index (χ2n) is 7.07. The zero-order valence-corrected chi connectivity index (χ0v) is 17.1. The number of rotatable bonds is 5. The van der Waals surface area contributed by atoms with Crippen LogP contribution in [-0.2, 0) is 0 Å². The van der Waals surface area contributed by atoms with E-state index < -0.39 is 0 Å². The van der Waals surface area contributed by atoms with E-state index in [9.17, 15) is 4.79 Å². The maximum absolute atomic E-state index is 12.5. The number of H-pyrrole nitrogens is 1. The summed E-state index contributed by atoms with van der Waals surface area (Å²) in [6.07, 6.45) is 1.60. The van der Waals surface area contributed by atoms with Crippen molar-refractivity contribution in [3.05, 3.63) is 83.0 Å². The fourth-order valence-electron chi connectivity index (χ4n) is 3.29. The number of nitrogens with one attached hydrogen (secondary N) is 2. The molecule has 6 nitrogen and oxygen atoms in total. The molecule has 150 valence electrons. The Morgan fingerprint density at radius 1 is 1.07 bits per heavy atom. The number of amides is 1. The first kappa shape index (κ1) is 19.4. The number of aryl methyl sites for hydroxylation is 2. The van der Waals surface area contributed by atoms with E-state index in [2.05, 4.69) is 40.6 Å². The SMILES string of the molecule is COc1ccc2ccccc2c1/C=N/NC(=O)c1cc(-c2ccc(C)c(C)c2)n[nH]1. The Balaban J connectivity index is 1.53. The number of methoxy groups -OCH3 is 1. The average Bonchev–Trinajstić information content (AvgIpc) is 3.26. The first-order valence-corrected chi connectivity index (χ1v) is 9.59. The van der Waals surface area contributed by atoms with Crippen molar-refractivity contribution in [1.82, 2.24) is 15.6 Å². The standard InChI is InChI=1S/C24H22N4O2/c1-15-8-9-18(12-16(15)2)21-13-22(27-26-21)24(29)28-25-14-20-19-7-5-4-6-17(19)10-11-23(20)30-3/h4-14H,1-3H3,(H,26,27)(H,28,29)/b25-14+. The quantitative estimate of drug-likeness (QED) is 0.380. The topological polar surface area (TPSA) is 79.4 Å². The third-order valence-electron chi connectivity index (χ3n) is 5.14. The van der Waals surface area contributed by atoms with E-state index in [0.717, 1.165) is 21.9 Å². The molecule has 0 spiro atoms. The number of carbonyl (C=O) groups is 1. The first-order chi connectivity index (χ1) is 14.6. The van der Waals surface area contributed by atoms with Crippen LogP contribution in [0.15, 0.2) is 65.8 Å². The zero-order chi connectivity index (χ0) is 21.1. The molecule has 0 saturated carbocycles. The monoisotopic (exact) mass is 398 g/mol. The fourth-order valence-corrected chi connectivity index (χ4v) is 3.29. The molecule has 0 fully saturated rings. The van der Waals surface area contributed by atoms with Gasteiger partial charge < -0.3 is 4.74 Å². The van der Waals surface area contributed by atoms with Gasteiger partial charge in [-0.25, -0.2) is 5.43 Å². The predicted molar refractivity (Wildman–Crippen MR) is 119 cm³/mol. The third kappa shape index (κ3) is 3.80. The van der Waals surface area contributed by atoms with Crippen LogP contribution in [0.2, 0.25) is 0 Å². The minimum absolute atomic E-state index is 0.338. The number of nitrogens with zero attached hydrogens (tertiary/aromatic N) is 2. The third-order valence-corrected chi connectivity index (χ3v) is 5.14. The number of benzene rings is 3. The van der Waals surface area contributed by atoms with Crippen LogP contribution in [0.25, 0.3) is 22.0 Å². The normalized spacial score (nSPS) is 11.2. The highest BCUT2D eigenvalue weighted by Crippen LogP contribution is 2.26. The highest BCUT2D eigenvalue weighted by atomic mass is 16.5. The summed E-state index contributed by atoms with van der Waals surface area (Å²) in [5, 5.41) is 13.2. The molecule has 30 heavy (non-hydrogen) atoms. The lowest BCUT2D eigenvalue weighted by Gasteiger charge is -2.08. The molecule has 0 bridgehead atoms. The van der Waals surface area contributed by atoms with E-state index in [1.165, 1.54) is 11.1 Å². The van der Waals surface area contributed by atoms with Gasteiger partial charge in [0.25, 0.3) is 5.91 Å². The Morgan fingerprint density at radius 3 is 2.70 bits per heavy atom. The molecule has 4 rings (SSSR count). The number of hydrogen-bond donors (Lipinski definition) is 2. The summed E-state index contributed by atoms with van der Waals surface area (Å²) in [6, 6.07) is 19.6. The van der Waals surface area contributed by atoms with Gasteiger partial charge in [-0.05, 0) is 53.9 Å². The molecule has 3 aromatic carbocycles. The van der Waals surface area contributed by atoms with Crippen LogP contribution in [0, 0.1) is 13.8 Å². The van der Waals surface area contributed by atoms with Crippen molar-refractivity contribution in [2.45, 2.75) is 13.8 Å².